The molecule has 106 valence electrons. The van der Waals surface area contributed by atoms with E-state index in [4.69, 9.17) is 4.74 Å². The average Bonchev–Trinajstić information content (AvgIpc) is 2.30. The third-order valence-corrected chi connectivity index (χ3v) is 2.89. The lowest BCUT2D eigenvalue weighted by molar-refractivity contribution is -0.144. The number of carbonyl (C=O) groups is 1. The molecule has 3 nitrogen and oxygen atoms in total. The van der Waals surface area contributed by atoms with Crippen LogP contribution in [0, 0.1) is 12.7 Å². The van der Waals surface area contributed by atoms with Crippen LogP contribution in [0.1, 0.15) is 38.3 Å². The summed E-state index contributed by atoms with van der Waals surface area (Å²) in [5.41, 5.74) is 1.27. The van der Waals surface area contributed by atoms with E-state index in [1.807, 2.05) is 19.9 Å². The lowest BCUT2D eigenvalue weighted by Crippen LogP contribution is -2.41. The monoisotopic (exact) mass is 267 g/mol. The molecule has 0 saturated carbocycles. The molecule has 0 aliphatic rings. The molecule has 0 heterocycles. The number of carbonyl (C=O) groups excluding carboxylic acids is 1. The van der Waals surface area contributed by atoms with Crippen LogP contribution in [0.3, 0.4) is 0 Å². The highest BCUT2D eigenvalue weighted by atomic mass is 19.1. The molecule has 1 N–H and O–H groups in total. The zero-order valence-electron chi connectivity index (χ0n) is 12.0. The first-order chi connectivity index (χ1) is 8.84. The third kappa shape index (κ3) is 5.39. The van der Waals surface area contributed by atoms with Gasteiger partial charge in [-0.1, -0.05) is 12.1 Å². The Morgan fingerprint density at radius 1 is 1.42 bits per heavy atom. The van der Waals surface area contributed by atoms with E-state index in [1.54, 1.807) is 19.9 Å². The number of hydrogen-bond donors (Lipinski definition) is 1. The topological polar surface area (TPSA) is 38.3 Å². The quantitative estimate of drug-likeness (QED) is 0.805. The Morgan fingerprint density at radius 2 is 2.11 bits per heavy atom. The molecular formula is C15H22FNO2. The summed E-state index contributed by atoms with van der Waals surface area (Å²) < 4.78 is 18.1. The summed E-state index contributed by atoms with van der Waals surface area (Å²) in [6.45, 7) is 8.41. The van der Waals surface area contributed by atoms with Crippen molar-refractivity contribution >= 4 is 5.97 Å². The van der Waals surface area contributed by atoms with Crippen molar-refractivity contribution in [2.75, 3.05) is 6.61 Å². The van der Waals surface area contributed by atoms with Gasteiger partial charge in [-0.2, -0.15) is 0 Å². The fourth-order valence-electron chi connectivity index (χ4n) is 1.79. The number of rotatable bonds is 6. The molecule has 0 unspecified atom stereocenters. The summed E-state index contributed by atoms with van der Waals surface area (Å²) in [6, 6.07) is 5.02. The highest BCUT2D eigenvalue weighted by Gasteiger charge is 2.22. The van der Waals surface area contributed by atoms with Crippen molar-refractivity contribution < 1.29 is 13.9 Å². The van der Waals surface area contributed by atoms with Crippen LogP contribution in [0.4, 0.5) is 4.39 Å². The van der Waals surface area contributed by atoms with Gasteiger partial charge in [0.25, 0.3) is 0 Å². The minimum Gasteiger partial charge on any atom is -0.466 e. The van der Waals surface area contributed by atoms with E-state index in [0.29, 0.717) is 25.1 Å². The fourth-order valence-corrected chi connectivity index (χ4v) is 1.79. The van der Waals surface area contributed by atoms with Gasteiger partial charge in [0.2, 0.25) is 0 Å². The van der Waals surface area contributed by atoms with Crippen molar-refractivity contribution in [2.45, 2.75) is 46.2 Å². The summed E-state index contributed by atoms with van der Waals surface area (Å²) in [5, 5.41) is 3.29. The van der Waals surface area contributed by atoms with Crippen LogP contribution in [-0.4, -0.2) is 18.1 Å². The van der Waals surface area contributed by atoms with Crippen molar-refractivity contribution in [3.8, 4) is 0 Å². The van der Waals surface area contributed by atoms with Crippen molar-refractivity contribution in [3.05, 3.63) is 35.1 Å². The molecule has 0 saturated heterocycles. The molecule has 0 fully saturated rings. The van der Waals surface area contributed by atoms with Crippen LogP contribution in [0.25, 0.3) is 0 Å². The van der Waals surface area contributed by atoms with E-state index in [-0.39, 0.29) is 17.3 Å². The van der Waals surface area contributed by atoms with Gasteiger partial charge in [-0.15, -0.1) is 0 Å². The predicted molar refractivity (Wildman–Crippen MR) is 73.3 cm³/mol. The number of halogens is 1. The van der Waals surface area contributed by atoms with Crippen LogP contribution >= 0.6 is 0 Å². The second kappa shape index (κ2) is 6.66. The Morgan fingerprint density at radius 3 is 2.68 bits per heavy atom. The number of ether oxygens (including phenoxy) is 1. The lowest BCUT2D eigenvalue weighted by Gasteiger charge is -2.25. The SMILES string of the molecule is CCOC(=O)CC(C)(C)NCc1ccc(F)c(C)c1. The first-order valence-corrected chi connectivity index (χ1v) is 6.50. The molecule has 1 aromatic carbocycles. The maximum atomic E-state index is 13.1. The number of esters is 1. The normalized spacial score (nSPS) is 11.4. The van der Waals surface area contributed by atoms with Gasteiger partial charge in [0.15, 0.2) is 0 Å². The van der Waals surface area contributed by atoms with Crippen LogP contribution in [0.2, 0.25) is 0 Å². The van der Waals surface area contributed by atoms with Gasteiger partial charge in [-0.25, -0.2) is 4.39 Å². The van der Waals surface area contributed by atoms with Crippen LogP contribution < -0.4 is 5.32 Å². The van der Waals surface area contributed by atoms with Crippen LogP contribution in [0.5, 0.6) is 0 Å². The van der Waals surface area contributed by atoms with E-state index >= 15 is 0 Å². The van der Waals surface area contributed by atoms with Crippen molar-refractivity contribution in [3.63, 3.8) is 0 Å². The van der Waals surface area contributed by atoms with Crippen molar-refractivity contribution in [2.24, 2.45) is 0 Å². The number of benzene rings is 1. The molecule has 0 aliphatic heterocycles. The minimum atomic E-state index is -0.353. The second-order valence-corrected chi connectivity index (χ2v) is 5.30. The fraction of sp³-hybridized carbons (Fsp3) is 0.533. The Labute approximate surface area is 114 Å². The number of hydrogen-bond acceptors (Lipinski definition) is 3. The zero-order chi connectivity index (χ0) is 14.5. The Hall–Kier alpha value is -1.42. The molecule has 0 spiro atoms. The number of nitrogens with one attached hydrogen (secondary N) is 1. The minimum absolute atomic E-state index is 0.200. The van der Waals surface area contributed by atoms with Gasteiger partial charge in [-0.3, -0.25) is 4.79 Å². The Kier molecular flexibility index (Phi) is 5.48. The van der Waals surface area contributed by atoms with Gasteiger partial charge < -0.3 is 10.1 Å². The second-order valence-electron chi connectivity index (χ2n) is 5.30. The maximum Gasteiger partial charge on any atom is 0.307 e. The zero-order valence-corrected chi connectivity index (χ0v) is 12.0. The molecular weight excluding hydrogens is 245 g/mol. The van der Waals surface area contributed by atoms with E-state index in [2.05, 4.69) is 5.32 Å². The molecule has 0 amide bonds. The standard InChI is InChI=1S/C15H22FNO2/c1-5-19-14(18)9-15(3,4)17-10-12-6-7-13(16)11(2)8-12/h6-8,17H,5,9-10H2,1-4H3. The van der Waals surface area contributed by atoms with Crippen LogP contribution in [-0.2, 0) is 16.1 Å². The highest BCUT2D eigenvalue weighted by molar-refractivity contribution is 5.70. The van der Waals surface area contributed by atoms with Crippen LogP contribution in [0.15, 0.2) is 18.2 Å². The van der Waals surface area contributed by atoms with Crippen molar-refractivity contribution in [1.82, 2.24) is 5.32 Å². The molecule has 0 aromatic heterocycles. The summed E-state index contributed by atoms with van der Waals surface area (Å²) >= 11 is 0. The number of aryl methyl sites for hydroxylation is 1. The summed E-state index contributed by atoms with van der Waals surface area (Å²) in [5.74, 6) is -0.412. The molecule has 0 aliphatic carbocycles. The lowest BCUT2D eigenvalue weighted by atomic mass is 10.00. The largest absolute Gasteiger partial charge is 0.466 e. The van der Waals surface area contributed by atoms with Gasteiger partial charge in [0, 0.05) is 12.1 Å². The summed E-state index contributed by atoms with van der Waals surface area (Å²) in [7, 11) is 0. The van der Waals surface area contributed by atoms with Gasteiger partial charge in [0.1, 0.15) is 5.82 Å². The molecule has 1 aromatic rings. The molecule has 0 bridgehead atoms. The van der Waals surface area contributed by atoms with E-state index in [9.17, 15) is 9.18 Å². The van der Waals surface area contributed by atoms with Gasteiger partial charge >= 0.3 is 5.97 Å². The molecule has 0 radical (unpaired) electrons. The molecule has 19 heavy (non-hydrogen) atoms. The Balaban J connectivity index is 2.54. The van der Waals surface area contributed by atoms with Crippen molar-refractivity contribution in [1.29, 1.82) is 0 Å². The molecule has 1 rings (SSSR count). The predicted octanol–water partition coefficient (Wildman–Crippen LogP) is 2.96. The molecule has 0 atom stereocenters. The third-order valence-electron chi connectivity index (χ3n) is 2.89. The molecule has 4 heteroatoms. The summed E-state index contributed by atoms with van der Waals surface area (Å²) in [4.78, 5) is 11.5. The average molecular weight is 267 g/mol. The summed E-state index contributed by atoms with van der Waals surface area (Å²) in [6.07, 6.45) is 0.307. The van der Waals surface area contributed by atoms with E-state index < -0.39 is 0 Å². The smallest absolute Gasteiger partial charge is 0.307 e. The first kappa shape index (κ1) is 15.6. The van der Waals surface area contributed by atoms with Gasteiger partial charge in [0.05, 0.1) is 13.0 Å². The highest BCUT2D eigenvalue weighted by Crippen LogP contribution is 2.13. The van der Waals surface area contributed by atoms with Gasteiger partial charge in [-0.05, 0) is 44.9 Å². The first-order valence-electron chi connectivity index (χ1n) is 6.50. The van der Waals surface area contributed by atoms with E-state index in [0.717, 1.165) is 5.56 Å². The van der Waals surface area contributed by atoms with E-state index in [1.165, 1.54) is 6.07 Å². The maximum absolute atomic E-state index is 13.1. The Bertz CT molecular complexity index is 444.